The molecule has 2 aliphatic carbocycles. The number of nitrogens with zero attached hydrogens (tertiary/aromatic N) is 3. The zero-order valence-corrected chi connectivity index (χ0v) is 31.8. The highest BCUT2D eigenvalue weighted by atomic mass is 15.0. The molecule has 8 aromatic carbocycles. The molecule has 2 aliphatic rings. The molecule has 0 bridgehead atoms. The first-order valence-electron chi connectivity index (χ1n) is 19.9. The average molecular weight is 740 g/mol. The summed E-state index contributed by atoms with van der Waals surface area (Å²) >= 11 is 0. The molecule has 3 heteroatoms. The molecule has 1 atom stereocenters. The number of allylic oxidation sites excluding steroid dienone is 2. The first-order valence-corrected chi connectivity index (χ1v) is 19.9. The Morgan fingerprint density at radius 3 is 1.78 bits per heavy atom. The third-order valence-corrected chi connectivity index (χ3v) is 11.8. The number of hydrogen-bond acceptors (Lipinski definition) is 3. The van der Waals surface area contributed by atoms with E-state index in [0.29, 0.717) is 17.5 Å². The maximum Gasteiger partial charge on any atom is 0.164 e. The fraction of sp³-hybridized carbons (Fsp3) is 0.0364. The number of rotatable bonds is 6. The van der Waals surface area contributed by atoms with E-state index in [9.17, 15) is 0 Å². The lowest BCUT2D eigenvalue weighted by atomic mass is 9.67. The van der Waals surface area contributed by atoms with Crippen LogP contribution in [0.25, 0.3) is 79.3 Å². The summed E-state index contributed by atoms with van der Waals surface area (Å²) in [6, 6.07) is 67.5. The molecule has 9 aromatic rings. The number of benzene rings is 8. The highest BCUT2D eigenvalue weighted by Crippen LogP contribution is 2.57. The Labute approximate surface area is 337 Å². The monoisotopic (exact) mass is 739 g/mol. The summed E-state index contributed by atoms with van der Waals surface area (Å²) in [6.07, 6.45) is 9.73. The lowest BCUT2D eigenvalue weighted by molar-refractivity contribution is 0.769. The third-order valence-electron chi connectivity index (χ3n) is 11.8. The quantitative estimate of drug-likeness (QED) is 0.170. The second kappa shape index (κ2) is 13.9. The second-order valence-electron chi connectivity index (χ2n) is 15.0. The van der Waals surface area contributed by atoms with Crippen LogP contribution in [0.1, 0.15) is 28.7 Å². The van der Waals surface area contributed by atoms with Crippen LogP contribution >= 0.6 is 0 Å². The van der Waals surface area contributed by atoms with Crippen LogP contribution in [0.3, 0.4) is 0 Å². The van der Waals surface area contributed by atoms with Gasteiger partial charge in [-0.2, -0.15) is 0 Å². The number of hydrogen-bond donors (Lipinski definition) is 0. The van der Waals surface area contributed by atoms with Gasteiger partial charge in [-0.15, -0.1) is 0 Å². The first kappa shape index (κ1) is 33.8. The molecule has 58 heavy (non-hydrogen) atoms. The highest BCUT2D eigenvalue weighted by molar-refractivity contribution is 6.04. The van der Waals surface area contributed by atoms with Crippen LogP contribution in [-0.2, 0) is 5.41 Å². The van der Waals surface area contributed by atoms with Crippen molar-refractivity contribution in [3.05, 3.63) is 233 Å². The van der Waals surface area contributed by atoms with Crippen molar-refractivity contribution in [3.63, 3.8) is 0 Å². The lowest BCUT2D eigenvalue weighted by Gasteiger charge is -2.34. The van der Waals surface area contributed by atoms with Gasteiger partial charge in [0.25, 0.3) is 0 Å². The van der Waals surface area contributed by atoms with E-state index in [-0.39, 0.29) is 0 Å². The minimum absolute atomic E-state index is 0.515. The molecule has 0 N–H and O–H groups in total. The van der Waals surface area contributed by atoms with Crippen molar-refractivity contribution in [2.24, 2.45) is 0 Å². The number of fused-ring (bicyclic) bond motifs is 6. The van der Waals surface area contributed by atoms with Crippen LogP contribution in [0.5, 0.6) is 0 Å². The van der Waals surface area contributed by atoms with Crippen molar-refractivity contribution < 1.29 is 0 Å². The Morgan fingerprint density at radius 1 is 0.414 bits per heavy atom. The fourth-order valence-electron chi connectivity index (χ4n) is 9.27. The van der Waals surface area contributed by atoms with Crippen LogP contribution in [0.2, 0.25) is 0 Å². The minimum Gasteiger partial charge on any atom is -0.208 e. The van der Waals surface area contributed by atoms with Gasteiger partial charge < -0.3 is 0 Å². The van der Waals surface area contributed by atoms with Gasteiger partial charge in [0.2, 0.25) is 0 Å². The summed E-state index contributed by atoms with van der Waals surface area (Å²) in [6.45, 7) is 0. The van der Waals surface area contributed by atoms with Crippen LogP contribution in [0.4, 0.5) is 0 Å². The Hall–Kier alpha value is -7.49. The van der Waals surface area contributed by atoms with Gasteiger partial charge in [0.1, 0.15) is 0 Å². The predicted octanol–water partition coefficient (Wildman–Crippen LogP) is 11.6. The van der Waals surface area contributed by atoms with E-state index in [1.807, 2.05) is 36.4 Å². The SMILES string of the molecule is C1=CCC=c2c(-c3ccc(C4(c5ccccc5)c5ccccc5-c5c4ccc4ccccc54)cc3)c(-c3nc(-c4ccccc4)nc(-c4ccccc4)n3)ccc2=C1. The molecule has 11 rings (SSSR count). The van der Waals surface area contributed by atoms with Crippen molar-refractivity contribution >= 4 is 22.9 Å². The normalized spacial score (nSPS) is 15.1. The Balaban J connectivity index is 1.15. The summed E-state index contributed by atoms with van der Waals surface area (Å²) in [4.78, 5) is 15.4. The standard InChI is InChI=1S/C55H37N3/c1-6-19-40(20-7-1)52-56-53(41-21-8-2-9-22-41)58-54(57-52)47-35-31-37-17-5-3-12-25-44(37)50(47)39-29-33-43(34-30-39)55(42-23-10-4-11-24-42)48-28-16-15-27-46(48)51-45-26-14-13-18-38(45)32-36-49(51)55/h1-11,13-36H,12H2. The van der Waals surface area contributed by atoms with Crippen molar-refractivity contribution in [2.75, 3.05) is 0 Å². The molecule has 1 heterocycles. The highest BCUT2D eigenvalue weighted by Gasteiger charge is 2.46. The molecule has 0 saturated heterocycles. The Morgan fingerprint density at radius 2 is 1.03 bits per heavy atom. The van der Waals surface area contributed by atoms with Crippen LogP contribution in [0, 0.1) is 0 Å². The van der Waals surface area contributed by atoms with Gasteiger partial charge in [-0.3, -0.25) is 0 Å². The lowest BCUT2D eigenvalue weighted by Crippen LogP contribution is -2.29. The predicted molar refractivity (Wildman–Crippen MR) is 238 cm³/mol. The molecule has 0 radical (unpaired) electrons. The second-order valence-corrected chi connectivity index (χ2v) is 15.0. The molecule has 1 unspecified atom stereocenters. The largest absolute Gasteiger partial charge is 0.208 e. The number of aromatic nitrogens is 3. The summed E-state index contributed by atoms with van der Waals surface area (Å²) < 4.78 is 0. The van der Waals surface area contributed by atoms with Crippen molar-refractivity contribution in [3.8, 4) is 56.4 Å². The van der Waals surface area contributed by atoms with E-state index in [1.165, 1.54) is 54.6 Å². The first-order chi connectivity index (χ1) is 28.8. The zero-order valence-electron chi connectivity index (χ0n) is 31.8. The van der Waals surface area contributed by atoms with Gasteiger partial charge in [0.15, 0.2) is 17.5 Å². The molecule has 3 nitrogen and oxygen atoms in total. The van der Waals surface area contributed by atoms with Gasteiger partial charge in [-0.25, -0.2) is 15.0 Å². The van der Waals surface area contributed by atoms with E-state index >= 15 is 0 Å². The maximum absolute atomic E-state index is 5.20. The molecular formula is C55H37N3. The van der Waals surface area contributed by atoms with Gasteiger partial charge in [0, 0.05) is 22.3 Å². The van der Waals surface area contributed by atoms with E-state index in [1.54, 1.807) is 0 Å². The Bertz CT molecular complexity index is 3110. The molecule has 0 amide bonds. The zero-order chi connectivity index (χ0) is 38.5. The summed E-state index contributed by atoms with van der Waals surface area (Å²) in [7, 11) is 0. The van der Waals surface area contributed by atoms with E-state index < -0.39 is 5.41 Å². The Kier molecular flexibility index (Phi) is 8.11. The van der Waals surface area contributed by atoms with Crippen LogP contribution in [-0.4, -0.2) is 15.0 Å². The molecule has 0 spiro atoms. The van der Waals surface area contributed by atoms with E-state index in [4.69, 9.17) is 15.0 Å². The van der Waals surface area contributed by atoms with Crippen molar-refractivity contribution in [1.29, 1.82) is 0 Å². The molecule has 0 aliphatic heterocycles. The van der Waals surface area contributed by atoms with E-state index in [2.05, 4.69) is 176 Å². The van der Waals surface area contributed by atoms with Gasteiger partial charge in [-0.1, -0.05) is 206 Å². The third kappa shape index (κ3) is 5.39. The fourth-order valence-corrected chi connectivity index (χ4v) is 9.27. The molecule has 272 valence electrons. The molecule has 1 aromatic heterocycles. The average Bonchev–Trinajstić information content (AvgIpc) is 3.40. The van der Waals surface area contributed by atoms with Gasteiger partial charge in [0.05, 0.1) is 5.41 Å². The van der Waals surface area contributed by atoms with Crippen LogP contribution < -0.4 is 10.4 Å². The van der Waals surface area contributed by atoms with Crippen molar-refractivity contribution in [2.45, 2.75) is 11.8 Å². The minimum atomic E-state index is -0.515. The van der Waals surface area contributed by atoms with Gasteiger partial charge >= 0.3 is 0 Å². The molecule has 0 saturated carbocycles. The summed E-state index contributed by atoms with van der Waals surface area (Å²) in [5.74, 6) is 1.94. The van der Waals surface area contributed by atoms with Crippen molar-refractivity contribution in [1.82, 2.24) is 15.0 Å². The summed E-state index contributed by atoms with van der Waals surface area (Å²) in [5.41, 5.74) is 12.3. The van der Waals surface area contributed by atoms with Gasteiger partial charge in [-0.05, 0) is 72.6 Å². The van der Waals surface area contributed by atoms with E-state index in [0.717, 1.165) is 34.2 Å². The smallest absolute Gasteiger partial charge is 0.164 e. The maximum atomic E-state index is 5.20. The summed E-state index contributed by atoms with van der Waals surface area (Å²) in [5, 5.41) is 4.88. The van der Waals surface area contributed by atoms with Crippen LogP contribution in [0.15, 0.2) is 200 Å². The topological polar surface area (TPSA) is 38.7 Å². The molecular weight excluding hydrogens is 703 g/mol. The molecule has 0 fully saturated rings.